The fraction of sp³-hybridized carbons (Fsp3) is 0.323. The minimum atomic E-state index is -0.0758. The molecule has 4 aromatic rings. The molecular formula is C31H34N4O2. The number of nitrogens with zero attached hydrogens (tertiary/aromatic N) is 4. The minimum absolute atomic E-state index is 0.0498. The van der Waals surface area contributed by atoms with Gasteiger partial charge in [0, 0.05) is 24.8 Å². The first-order chi connectivity index (χ1) is 17.8. The summed E-state index contributed by atoms with van der Waals surface area (Å²) < 4.78 is 6.98. The summed E-state index contributed by atoms with van der Waals surface area (Å²) in [6, 6.07) is 19.8. The molecule has 0 N–H and O–H groups in total. The summed E-state index contributed by atoms with van der Waals surface area (Å²) in [5, 5.41) is 0.626. The van der Waals surface area contributed by atoms with E-state index in [2.05, 4.69) is 48.9 Å². The van der Waals surface area contributed by atoms with Crippen LogP contribution in [0.2, 0.25) is 0 Å². The van der Waals surface area contributed by atoms with Crippen LogP contribution in [0.1, 0.15) is 57.1 Å². The van der Waals surface area contributed by atoms with Crippen molar-refractivity contribution in [2.75, 3.05) is 25.1 Å². The second-order valence-electron chi connectivity index (χ2n) is 10.6. The first-order valence-corrected chi connectivity index (χ1v) is 13.0. The molecule has 3 heterocycles. The highest BCUT2D eigenvalue weighted by atomic mass is 16.5. The van der Waals surface area contributed by atoms with E-state index in [1.165, 1.54) is 19.3 Å². The van der Waals surface area contributed by atoms with Gasteiger partial charge in [0.05, 0.1) is 29.4 Å². The van der Waals surface area contributed by atoms with Gasteiger partial charge in [-0.3, -0.25) is 9.36 Å². The van der Waals surface area contributed by atoms with Gasteiger partial charge in [-0.15, -0.1) is 0 Å². The smallest absolute Gasteiger partial charge is 0.266 e. The number of hydrogen-bond donors (Lipinski definition) is 0. The number of anilines is 1. The summed E-state index contributed by atoms with van der Waals surface area (Å²) in [7, 11) is 1.60. The minimum Gasteiger partial charge on any atom is -0.481 e. The Hall–Kier alpha value is -3.93. The SMILES string of the molecule is COc1cccc(/C=C/c2nc3ccc(N4CCCCC4)cc3c(=O)n2-c2cccc(C(C)(C)C)c2)n1. The maximum Gasteiger partial charge on any atom is 0.266 e. The molecule has 6 nitrogen and oxygen atoms in total. The van der Waals surface area contributed by atoms with E-state index in [4.69, 9.17) is 9.72 Å². The zero-order chi connectivity index (χ0) is 26.0. The fourth-order valence-corrected chi connectivity index (χ4v) is 4.81. The van der Waals surface area contributed by atoms with Crippen molar-refractivity contribution in [1.82, 2.24) is 14.5 Å². The molecule has 6 heteroatoms. The quantitative estimate of drug-likeness (QED) is 0.328. The second-order valence-corrected chi connectivity index (χ2v) is 10.6. The van der Waals surface area contributed by atoms with E-state index in [1.54, 1.807) is 17.7 Å². The van der Waals surface area contributed by atoms with Crippen LogP contribution in [0, 0.1) is 0 Å². The number of ether oxygens (including phenoxy) is 1. The predicted molar refractivity (Wildman–Crippen MR) is 152 cm³/mol. The lowest BCUT2D eigenvalue weighted by Gasteiger charge is -2.29. The van der Waals surface area contributed by atoms with Gasteiger partial charge in [0.2, 0.25) is 5.88 Å². The van der Waals surface area contributed by atoms with Crippen molar-refractivity contribution in [2.24, 2.45) is 0 Å². The zero-order valence-corrected chi connectivity index (χ0v) is 22.1. The van der Waals surface area contributed by atoms with Crippen LogP contribution in [0.4, 0.5) is 5.69 Å². The highest BCUT2D eigenvalue weighted by Gasteiger charge is 2.18. The molecule has 0 atom stereocenters. The topological polar surface area (TPSA) is 60.2 Å². The molecule has 2 aromatic carbocycles. The lowest BCUT2D eigenvalue weighted by atomic mass is 9.87. The summed E-state index contributed by atoms with van der Waals surface area (Å²) in [5.74, 6) is 1.09. The third-order valence-electron chi connectivity index (χ3n) is 6.93. The Morgan fingerprint density at radius 1 is 0.865 bits per heavy atom. The average Bonchev–Trinajstić information content (AvgIpc) is 2.92. The van der Waals surface area contributed by atoms with Gasteiger partial charge >= 0.3 is 0 Å². The standard InChI is InChI=1S/C31H34N4O2/c1-31(2,3)22-10-8-12-25(20-22)35-28(17-14-23-11-9-13-29(32-23)37-4)33-27-16-15-24(21-26(27)30(35)36)34-18-6-5-7-19-34/h8-17,20-21H,5-7,18-19H2,1-4H3/b17-14+. The number of pyridine rings is 1. The molecule has 37 heavy (non-hydrogen) atoms. The number of methoxy groups -OCH3 is 1. The van der Waals surface area contributed by atoms with Crippen molar-refractivity contribution in [3.8, 4) is 11.6 Å². The Morgan fingerprint density at radius 2 is 1.65 bits per heavy atom. The van der Waals surface area contributed by atoms with Gasteiger partial charge < -0.3 is 9.64 Å². The molecular weight excluding hydrogens is 460 g/mol. The molecule has 1 saturated heterocycles. The van der Waals surface area contributed by atoms with Crippen molar-refractivity contribution in [3.05, 3.63) is 88.1 Å². The zero-order valence-electron chi connectivity index (χ0n) is 22.1. The van der Waals surface area contributed by atoms with Gasteiger partial charge in [0.15, 0.2) is 0 Å². The number of aromatic nitrogens is 3. The molecule has 1 aliphatic heterocycles. The molecule has 1 aliphatic rings. The van der Waals surface area contributed by atoms with Gasteiger partial charge in [-0.2, -0.15) is 0 Å². The van der Waals surface area contributed by atoms with Crippen LogP contribution in [-0.2, 0) is 5.41 Å². The van der Waals surface area contributed by atoms with Gasteiger partial charge in [0.1, 0.15) is 5.82 Å². The average molecular weight is 495 g/mol. The summed E-state index contributed by atoms with van der Waals surface area (Å²) in [4.78, 5) is 25.9. The van der Waals surface area contributed by atoms with Crippen LogP contribution in [-0.4, -0.2) is 34.7 Å². The Bertz CT molecular complexity index is 1510. The van der Waals surface area contributed by atoms with Gasteiger partial charge in [-0.25, -0.2) is 9.97 Å². The summed E-state index contributed by atoms with van der Waals surface area (Å²) in [6.07, 6.45) is 7.35. The number of rotatable bonds is 5. The van der Waals surface area contributed by atoms with E-state index in [-0.39, 0.29) is 11.0 Å². The maximum absolute atomic E-state index is 14.1. The van der Waals surface area contributed by atoms with E-state index < -0.39 is 0 Å². The van der Waals surface area contributed by atoms with E-state index in [0.717, 1.165) is 35.7 Å². The van der Waals surface area contributed by atoms with Crippen LogP contribution in [0.15, 0.2) is 65.5 Å². The molecule has 0 bridgehead atoms. The number of benzene rings is 2. The largest absolute Gasteiger partial charge is 0.481 e. The number of fused-ring (bicyclic) bond motifs is 1. The van der Waals surface area contributed by atoms with Crippen molar-refractivity contribution in [3.63, 3.8) is 0 Å². The summed E-state index contributed by atoms with van der Waals surface area (Å²) >= 11 is 0. The van der Waals surface area contributed by atoms with Crippen LogP contribution in [0.5, 0.6) is 5.88 Å². The molecule has 5 rings (SSSR count). The third-order valence-corrected chi connectivity index (χ3v) is 6.93. The molecule has 0 radical (unpaired) electrons. The Morgan fingerprint density at radius 3 is 2.41 bits per heavy atom. The van der Waals surface area contributed by atoms with Crippen LogP contribution in [0.25, 0.3) is 28.7 Å². The first-order valence-electron chi connectivity index (χ1n) is 13.0. The van der Waals surface area contributed by atoms with E-state index >= 15 is 0 Å². The van der Waals surface area contributed by atoms with Crippen LogP contribution in [0.3, 0.4) is 0 Å². The first kappa shape index (κ1) is 24.8. The highest BCUT2D eigenvalue weighted by molar-refractivity contribution is 5.83. The molecule has 0 spiro atoms. The predicted octanol–water partition coefficient (Wildman–Crippen LogP) is 6.25. The Kier molecular flexibility index (Phi) is 6.83. The molecule has 2 aromatic heterocycles. The lowest BCUT2D eigenvalue weighted by molar-refractivity contribution is 0.397. The highest BCUT2D eigenvalue weighted by Crippen LogP contribution is 2.26. The number of hydrogen-bond acceptors (Lipinski definition) is 5. The van der Waals surface area contributed by atoms with E-state index in [9.17, 15) is 4.79 Å². The number of piperidine rings is 1. The van der Waals surface area contributed by atoms with E-state index in [0.29, 0.717) is 22.6 Å². The Labute approximate surface area is 218 Å². The molecule has 0 aliphatic carbocycles. The van der Waals surface area contributed by atoms with E-state index in [1.807, 2.05) is 48.6 Å². The fourth-order valence-electron chi connectivity index (χ4n) is 4.81. The second kappa shape index (κ2) is 10.2. The lowest BCUT2D eigenvalue weighted by Crippen LogP contribution is -2.29. The monoisotopic (exact) mass is 494 g/mol. The molecule has 0 amide bonds. The summed E-state index contributed by atoms with van der Waals surface area (Å²) in [6.45, 7) is 8.57. The Balaban J connectivity index is 1.68. The van der Waals surface area contributed by atoms with Crippen LogP contribution < -0.4 is 15.2 Å². The summed E-state index contributed by atoms with van der Waals surface area (Å²) in [5.41, 5.74) is 4.33. The molecule has 0 unspecified atom stereocenters. The van der Waals surface area contributed by atoms with Crippen molar-refractivity contribution >= 4 is 28.7 Å². The van der Waals surface area contributed by atoms with Gasteiger partial charge in [0.25, 0.3) is 5.56 Å². The van der Waals surface area contributed by atoms with Crippen molar-refractivity contribution < 1.29 is 4.74 Å². The van der Waals surface area contributed by atoms with Gasteiger partial charge in [-0.05, 0) is 78.8 Å². The molecule has 1 fully saturated rings. The van der Waals surface area contributed by atoms with Crippen molar-refractivity contribution in [1.29, 1.82) is 0 Å². The van der Waals surface area contributed by atoms with Crippen molar-refractivity contribution in [2.45, 2.75) is 45.4 Å². The normalized spacial score (nSPS) is 14.4. The third kappa shape index (κ3) is 5.29. The van der Waals surface area contributed by atoms with Gasteiger partial charge in [-0.1, -0.05) is 39.0 Å². The molecule has 0 saturated carbocycles. The maximum atomic E-state index is 14.1. The molecule has 190 valence electrons. The van der Waals surface area contributed by atoms with Crippen LogP contribution >= 0.6 is 0 Å².